The molecule has 0 aromatic heterocycles. The number of nitrogens with one attached hydrogen (secondary N) is 1. The quantitative estimate of drug-likeness (QED) is 0.638. The summed E-state index contributed by atoms with van der Waals surface area (Å²) >= 11 is 0. The van der Waals surface area contributed by atoms with Gasteiger partial charge in [0, 0.05) is 45.7 Å². The minimum Gasteiger partial charge on any atom is -0.369 e. The van der Waals surface area contributed by atoms with E-state index in [2.05, 4.69) is 19.2 Å². The zero-order chi connectivity index (χ0) is 14.3. The number of hydrogen-bond donors (Lipinski definition) is 2. The fraction of sp³-hybridized carbons (Fsp3) is 0.846. The van der Waals surface area contributed by atoms with Crippen LogP contribution >= 0.6 is 0 Å². The highest BCUT2D eigenvalue weighted by Gasteiger charge is 2.18. The zero-order valence-corrected chi connectivity index (χ0v) is 12.0. The Hall–Kier alpha value is -1.14. The van der Waals surface area contributed by atoms with Crippen LogP contribution in [-0.2, 0) is 9.59 Å². The Labute approximate surface area is 115 Å². The number of nitrogens with zero attached hydrogens (tertiary/aromatic N) is 2. The fourth-order valence-corrected chi connectivity index (χ4v) is 2.30. The molecule has 0 spiro atoms. The first-order valence-corrected chi connectivity index (χ1v) is 6.98. The van der Waals surface area contributed by atoms with Crippen molar-refractivity contribution >= 4 is 11.8 Å². The molecule has 1 saturated heterocycles. The van der Waals surface area contributed by atoms with E-state index in [1.165, 1.54) is 0 Å². The molecule has 0 bridgehead atoms. The zero-order valence-electron chi connectivity index (χ0n) is 12.0. The lowest BCUT2D eigenvalue weighted by Gasteiger charge is -2.29. The summed E-state index contributed by atoms with van der Waals surface area (Å²) in [5.74, 6) is 0.281. The minimum absolute atomic E-state index is 0.166. The van der Waals surface area contributed by atoms with Crippen LogP contribution in [0.5, 0.6) is 0 Å². The summed E-state index contributed by atoms with van der Waals surface area (Å²) in [6.07, 6.45) is 0.458. The van der Waals surface area contributed by atoms with Gasteiger partial charge in [0.15, 0.2) is 0 Å². The summed E-state index contributed by atoms with van der Waals surface area (Å²) in [7, 11) is 0. The maximum atomic E-state index is 12.0. The van der Waals surface area contributed by atoms with Crippen molar-refractivity contribution < 1.29 is 9.59 Å². The van der Waals surface area contributed by atoms with Crippen LogP contribution in [0, 0.1) is 5.92 Å². The van der Waals surface area contributed by atoms with Gasteiger partial charge < -0.3 is 16.0 Å². The van der Waals surface area contributed by atoms with Gasteiger partial charge in [0.1, 0.15) is 0 Å². The van der Waals surface area contributed by atoms with E-state index in [0.29, 0.717) is 18.9 Å². The number of primary amides is 1. The van der Waals surface area contributed by atoms with E-state index in [4.69, 9.17) is 5.73 Å². The van der Waals surface area contributed by atoms with Gasteiger partial charge in [0.25, 0.3) is 0 Å². The average molecular weight is 270 g/mol. The summed E-state index contributed by atoms with van der Waals surface area (Å²) in [4.78, 5) is 26.9. The second-order valence-electron chi connectivity index (χ2n) is 5.48. The molecule has 110 valence electrons. The number of amides is 2. The molecule has 0 unspecified atom stereocenters. The number of carbonyl (C=O) groups excluding carboxylic acids is 2. The van der Waals surface area contributed by atoms with E-state index in [1.807, 2.05) is 9.80 Å². The van der Waals surface area contributed by atoms with Crippen molar-refractivity contribution in [2.24, 2.45) is 11.7 Å². The molecular formula is C13H26N4O2. The maximum Gasteiger partial charge on any atom is 0.231 e. The maximum absolute atomic E-state index is 12.0. The molecule has 1 aliphatic rings. The van der Waals surface area contributed by atoms with Crippen LogP contribution in [0.15, 0.2) is 0 Å². The van der Waals surface area contributed by atoms with Gasteiger partial charge in [-0.25, -0.2) is 0 Å². The molecule has 0 radical (unpaired) electrons. The molecule has 3 N–H and O–H groups in total. The molecule has 0 aliphatic carbocycles. The Morgan fingerprint density at radius 3 is 2.47 bits per heavy atom. The fourth-order valence-electron chi connectivity index (χ4n) is 2.30. The Morgan fingerprint density at radius 1 is 1.32 bits per heavy atom. The molecule has 0 aromatic carbocycles. The first-order valence-electron chi connectivity index (χ1n) is 6.98. The Balaban J connectivity index is 2.36. The number of piperazine rings is 1. The molecule has 1 rings (SSSR count). The highest BCUT2D eigenvalue weighted by molar-refractivity contribution is 5.77. The Morgan fingerprint density at radius 2 is 1.95 bits per heavy atom. The molecule has 0 saturated carbocycles. The van der Waals surface area contributed by atoms with Gasteiger partial charge in [0.2, 0.25) is 11.8 Å². The molecular weight excluding hydrogens is 244 g/mol. The topological polar surface area (TPSA) is 78.7 Å². The number of rotatable bonds is 7. The first-order chi connectivity index (χ1) is 8.99. The first kappa shape index (κ1) is 15.9. The SMILES string of the molecule is CC(C)CN(CCC(=O)N1CCNCC1)CC(N)=O. The van der Waals surface area contributed by atoms with Gasteiger partial charge in [0.05, 0.1) is 6.54 Å². The number of carbonyl (C=O) groups is 2. The predicted octanol–water partition coefficient (Wildman–Crippen LogP) is -0.748. The van der Waals surface area contributed by atoms with Gasteiger partial charge in [-0.05, 0) is 5.92 Å². The van der Waals surface area contributed by atoms with Crippen LogP contribution in [0.1, 0.15) is 20.3 Å². The average Bonchev–Trinajstić information content (AvgIpc) is 2.35. The molecule has 19 heavy (non-hydrogen) atoms. The molecule has 0 aromatic rings. The van der Waals surface area contributed by atoms with E-state index in [1.54, 1.807) is 0 Å². The minimum atomic E-state index is -0.338. The number of nitrogens with two attached hydrogens (primary N) is 1. The van der Waals surface area contributed by atoms with Gasteiger partial charge in [-0.1, -0.05) is 13.8 Å². The second-order valence-corrected chi connectivity index (χ2v) is 5.48. The summed E-state index contributed by atoms with van der Waals surface area (Å²) in [6.45, 7) is 9.08. The third kappa shape index (κ3) is 6.54. The summed E-state index contributed by atoms with van der Waals surface area (Å²) < 4.78 is 0. The summed E-state index contributed by atoms with van der Waals surface area (Å²) in [5.41, 5.74) is 5.23. The van der Waals surface area contributed by atoms with Crippen LogP contribution < -0.4 is 11.1 Å². The second kappa shape index (κ2) is 8.12. The van der Waals surface area contributed by atoms with Crippen molar-refractivity contribution in [1.82, 2.24) is 15.1 Å². The van der Waals surface area contributed by atoms with Crippen LogP contribution in [0.4, 0.5) is 0 Å². The van der Waals surface area contributed by atoms with Gasteiger partial charge in [-0.15, -0.1) is 0 Å². The van der Waals surface area contributed by atoms with E-state index in [9.17, 15) is 9.59 Å². The van der Waals surface area contributed by atoms with E-state index >= 15 is 0 Å². The molecule has 1 aliphatic heterocycles. The van der Waals surface area contributed by atoms with Crippen molar-refractivity contribution in [1.29, 1.82) is 0 Å². The molecule has 6 nitrogen and oxygen atoms in total. The summed E-state index contributed by atoms with van der Waals surface area (Å²) in [5, 5.41) is 3.22. The lowest BCUT2D eigenvalue weighted by atomic mass is 10.2. The van der Waals surface area contributed by atoms with Gasteiger partial charge in [-0.2, -0.15) is 0 Å². The normalized spacial score (nSPS) is 16.1. The third-order valence-electron chi connectivity index (χ3n) is 3.11. The van der Waals surface area contributed by atoms with Gasteiger partial charge in [-0.3, -0.25) is 14.5 Å². The lowest BCUT2D eigenvalue weighted by molar-refractivity contribution is -0.132. The molecule has 0 atom stereocenters. The van der Waals surface area contributed by atoms with Crippen molar-refractivity contribution in [2.45, 2.75) is 20.3 Å². The van der Waals surface area contributed by atoms with Crippen LogP contribution in [0.2, 0.25) is 0 Å². The van der Waals surface area contributed by atoms with Crippen molar-refractivity contribution in [3.05, 3.63) is 0 Å². The third-order valence-corrected chi connectivity index (χ3v) is 3.11. The van der Waals surface area contributed by atoms with Crippen LogP contribution in [0.3, 0.4) is 0 Å². The van der Waals surface area contributed by atoms with Crippen molar-refractivity contribution in [3.63, 3.8) is 0 Å². The van der Waals surface area contributed by atoms with Crippen LogP contribution in [-0.4, -0.2) is 67.4 Å². The number of hydrogen-bond acceptors (Lipinski definition) is 4. The molecule has 1 heterocycles. The highest BCUT2D eigenvalue weighted by atomic mass is 16.2. The smallest absolute Gasteiger partial charge is 0.231 e. The standard InChI is InChI=1S/C13H26N4O2/c1-11(2)9-16(10-12(14)18)6-3-13(19)17-7-4-15-5-8-17/h11,15H,3-10H2,1-2H3,(H2,14,18). The lowest BCUT2D eigenvalue weighted by Crippen LogP contribution is -2.47. The molecule has 1 fully saturated rings. The summed E-state index contributed by atoms with van der Waals surface area (Å²) in [6, 6.07) is 0. The van der Waals surface area contributed by atoms with Crippen LogP contribution in [0.25, 0.3) is 0 Å². The van der Waals surface area contributed by atoms with E-state index in [0.717, 1.165) is 32.7 Å². The van der Waals surface area contributed by atoms with Crippen molar-refractivity contribution in [2.75, 3.05) is 45.8 Å². The predicted molar refractivity (Wildman–Crippen MR) is 74.5 cm³/mol. The Bertz CT molecular complexity index is 301. The molecule has 2 amide bonds. The molecule has 6 heteroatoms. The monoisotopic (exact) mass is 270 g/mol. The van der Waals surface area contributed by atoms with E-state index in [-0.39, 0.29) is 18.4 Å². The largest absolute Gasteiger partial charge is 0.369 e. The van der Waals surface area contributed by atoms with E-state index < -0.39 is 0 Å². The van der Waals surface area contributed by atoms with Crippen molar-refractivity contribution in [3.8, 4) is 0 Å². The Kier molecular flexibility index (Phi) is 6.80. The highest BCUT2D eigenvalue weighted by Crippen LogP contribution is 2.02. The van der Waals surface area contributed by atoms with Gasteiger partial charge >= 0.3 is 0 Å².